The molecule has 1 amide bonds. The molecule has 5 nitrogen and oxygen atoms in total. The third-order valence-electron chi connectivity index (χ3n) is 3.90. The van der Waals surface area contributed by atoms with Crippen molar-refractivity contribution in [1.29, 1.82) is 0 Å². The fraction of sp³-hybridized carbons (Fsp3) is 0. The molecule has 0 aliphatic heterocycles. The lowest BCUT2D eigenvalue weighted by atomic mass is 10.2. The number of hydrogen-bond donors (Lipinski definition) is 2. The van der Waals surface area contributed by atoms with E-state index in [0.29, 0.717) is 28.1 Å². The summed E-state index contributed by atoms with van der Waals surface area (Å²) in [6, 6.07) is 14.4. The predicted molar refractivity (Wildman–Crippen MR) is 104 cm³/mol. The minimum atomic E-state index is -0.409. The van der Waals surface area contributed by atoms with E-state index < -0.39 is 5.91 Å². The van der Waals surface area contributed by atoms with Crippen molar-refractivity contribution >= 4 is 45.8 Å². The van der Waals surface area contributed by atoms with E-state index in [1.807, 2.05) is 0 Å². The summed E-state index contributed by atoms with van der Waals surface area (Å²) < 4.78 is 13.4. The largest absolute Gasteiger partial charge is 0.338 e. The summed E-state index contributed by atoms with van der Waals surface area (Å²) in [6.45, 7) is 0. The Morgan fingerprint density at radius 2 is 1.89 bits per heavy atom. The van der Waals surface area contributed by atoms with Crippen molar-refractivity contribution in [2.24, 2.45) is 0 Å². The molecule has 0 radical (unpaired) electrons. The number of anilines is 1. The van der Waals surface area contributed by atoms with Gasteiger partial charge >= 0.3 is 0 Å². The molecular weight excluding hydrogens is 390 g/mol. The van der Waals surface area contributed by atoms with Crippen LogP contribution >= 0.6 is 23.2 Å². The van der Waals surface area contributed by atoms with Gasteiger partial charge in [0.2, 0.25) is 0 Å². The molecule has 27 heavy (non-hydrogen) atoms. The number of halogens is 3. The Hall–Kier alpha value is -2.96. The number of aromatic amines is 1. The highest BCUT2D eigenvalue weighted by Gasteiger charge is 2.13. The summed E-state index contributed by atoms with van der Waals surface area (Å²) in [5.41, 5.74) is 2.79. The zero-order chi connectivity index (χ0) is 19.0. The summed E-state index contributed by atoms with van der Waals surface area (Å²) >= 11 is 11.7. The Labute approximate surface area is 163 Å². The van der Waals surface area contributed by atoms with Crippen LogP contribution in [0.3, 0.4) is 0 Å². The number of fused-ring (bicyclic) bond motifs is 1. The number of benzene rings is 2. The van der Waals surface area contributed by atoms with Gasteiger partial charge in [0, 0.05) is 11.3 Å². The average Bonchev–Trinajstić information content (AvgIpc) is 3.05. The Bertz CT molecular complexity index is 1180. The topological polar surface area (TPSA) is 70.7 Å². The van der Waals surface area contributed by atoms with Crippen LogP contribution < -0.4 is 5.32 Å². The van der Waals surface area contributed by atoms with Crippen LogP contribution in [0.25, 0.3) is 22.4 Å². The summed E-state index contributed by atoms with van der Waals surface area (Å²) in [5, 5.41) is 2.99. The SMILES string of the molecule is O=C(Nc1ccc2nc(-c3cccc(F)c3)[nH]c2c1)c1ccc(Cl)nc1Cl. The van der Waals surface area contributed by atoms with Gasteiger partial charge in [-0.15, -0.1) is 0 Å². The highest BCUT2D eigenvalue weighted by Crippen LogP contribution is 2.24. The second-order valence-electron chi connectivity index (χ2n) is 5.75. The number of pyridine rings is 1. The molecule has 0 fully saturated rings. The number of nitrogens with zero attached hydrogens (tertiary/aromatic N) is 2. The fourth-order valence-electron chi connectivity index (χ4n) is 2.64. The molecule has 2 N–H and O–H groups in total. The summed E-state index contributed by atoms with van der Waals surface area (Å²) in [4.78, 5) is 23.8. The van der Waals surface area contributed by atoms with E-state index in [0.717, 1.165) is 0 Å². The maximum absolute atomic E-state index is 13.4. The first-order valence-corrected chi connectivity index (χ1v) is 8.64. The average molecular weight is 401 g/mol. The lowest BCUT2D eigenvalue weighted by Crippen LogP contribution is -2.12. The molecule has 0 saturated heterocycles. The third-order valence-corrected chi connectivity index (χ3v) is 4.40. The van der Waals surface area contributed by atoms with Gasteiger partial charge in [0.05, 0.1) is 16.6 Å². The van der Waals surface area contributed by atoms with Gasteiger partial charge in [0.1, 0.15) is 21.9 Å². The normalized spacial score (nSPS) is 10.9. The number of carbonyl (C=O) groups is 1. The first-order valence-electron chi connectivity index (χ1n) is 7.89. The lowest BCUT2D eigenvalue weighted by molar-refractivity contribution is 0.102. The highest BCUT2D eigenvalue weighted by atomic mass is 35.5. The molecule has 0 aliphatic rings. The quantitative estimate of drug-likeness (QED) is 0.457. The van der Waals surface area contributed by atoms with Crippen LogP contribution in [0.1, 0.15) is 10.4 Å². The van der Waals surface area contributed by atoms with E-state index in [2.05, 4.69) is 20.3 Å². The van der Waals surface area contributed by atoms with Gasteiger partial charge in [-0.3, -0.25) is 4.79 Å². The predicted octanol–water partition coefficient (Wildman–Crippen LogP) is 5.32. The molecular formula is C19H11Cl2FN4O. The van der Waals surface area contributed by atoms with Gasteiger partial charge in [-0.2, -0.15) is 0 Å². The van der Waals surface area contributed by atoms with Crippen LogP contribution in [-0.2, 0) is 0 Å². The molecule has 0 saturated carbocycles. The van der Waals surface area contributed by atoms with E-state index in [1.54, 1.807) is 30.3 Å². The molecule has 134 valence electrons. The van der Waals surface area contributed by atoms with Crippen molar-refractivity contribution in [2.75, 3.05) is 5.32 Å². The molecule has 0 aliphatic carbocycles. The number of H-pyrrole nitrogens is 1. The maximum atomic E-state index is 13.4. The smallest absolute Gasteiger partial charge is 0.258 e. The van der Waals surface area contributed by atoms with E-state index in [4.69, 9.17) is 23.2 Å². The second-order valence-corrected chi connectivity index (χ2v) is 6.50. The fourth-order valence-corrected chi connectivity index (χ4v) is 3.07. The molecule has 4 aromatic rings. The molecule has 8 heteroatoms. The van der Waals surface area contributed by atoms with Gasteiger partial charge in [-0.05, 0) is 42.5 Å². The molecule has 0 atom stereocenters. The van der Waals surface area contributed by atoms with E-state index in [9.17, 15) is 9.18 Å². The van der Waals surface area contributed by atoms with E-state index >= 15 is 0 Å². The van der Waals surface area contributed by atoms with Gasteiger partial charge in [0.25, 0.3) is 5.91 Å². The van der Waals surface area contributed by atoms with Crippen molar-refractivity contribution in [1.82, 2.24) is 15.0 Å². The number of imidazole rings is 1. The van der Waals surface area contributed by atoms with Crippen molar-refractivity contribution in [2.45, 2.75) is 0 Å². The van der Waals surface area contributed by atoms with Crippen molar-refractivity contribution < 1.29 is 9.18 Å². The first kappa shape index (κ1) is 17.5. The molecule has 0 unspecified atom stereocenters. The zero-order valence-corrected chi connectivity index (χ0v) is 15.1. The van der Waals surface area contributed by atoms with Gasteiger partial charge in [0.15, 0.2) is 0 Å². The monoisotopic (exact) mass is 400 g/mol. The summed E-state index contributed by atoms with van der Waals surface area (Å²) in [5.74, 6) is -0.208. The number of carbonyl (C=O) groups excluding carboxylic acids is 1. The molecule has 0 bridgehead atoms. The van der Waals surface area contributed by atoms with Crippen LogP contribution in [0.4, 0.5) is 10.1 Å². The highest BCUT2D eigenvalue weighted by molar-refractivity contribution is 6.35. The Morgan fingerprint density at radius 3 is 2.67 bits per heavy atom. The molecule has 0 spiro atoms. The molecule has 4 rings (SSSR count). The van der Waals surface area contributed by atoms with Crippen molar-refractivity contribution in [3.8, 4) is 11.4 Å². The van der Waals surface area contributed by atoms with Crippen LogP contribution in [-0.4, -0.2) is 20.9 Å². The van der Waals surface area contributed by atoms with Gasteiger partial charge < -0.3 is 10.3 Å². The Morgan fingerprint density at radius 1 is 1.04 bits per heavy atom. The summed E-state index contributed by atoms with van der Waals surface area (Å²) in [7, 11) is 0. The van der Waals surface area contributed by atoms with Gasteiger partial charge in [-0.1, -0.05) is 35.3 Å². The zero-order valence-electron chi connectivity index (χ0n) is 13.6. The van der Waals surface area contributed by atoms with E-state index in [-0.39, 0.29) is 21.7 Å². The van der Waals surface area contributed by atoms with E-state index in [1.165, 1.54) is 24.3 Å². The number of amides is 1. The Balaban J connectivity index is 1.62. The van der Waals surface area contributed by atoms with Gasteiger partial charge in [-0.25, -0.2) is 14.4 Å². The lowest BCUT2D eigenvalue weighted by Gasteiger charge is -2.06. The Kier molecular flexibility index (Phi) is 4.51. The number of hydrogen-bond acceptors (Lipinski definition) is 3. The standard InChI is InChI=1S/C19H11Cl2FN4O/c20-16-7-5-13(17(21)26-16)19(27)23-12-4-6-14-15(9-12)25-18(24-14)10-2-1-3-11(22)8-10/h1-9H,(H,23,27)(H,24,25). The van der Waals surface area contributed by atoms with Crippen LogP contribution in [0.15, 0.2) is 54.6 Å². The van der Waals surface area contributed by atoms with Crippen LogP contribution in [0.2, 0.25) is 10.3 Å². The number of nitrogens with one attached hydrogen (secondary N) is 2. The minimum Gasteiger partial charge on any atom is -0.338 e. The molecule has 2 aromatic heterocycles. The first-order chi connectivity index (χ1) is 13.0. The van der Waals surface area contributed by atoms with Crippen LogP contribution in [0.5, 0.6) is 0 Å². The van der Waals surface area contributed by atoms with Crippen molar-refractivity contribution in [3.63, 3.8) is 0 Å². The molecule has 2 heterocycles. The second kappa shape index (κ2) is 6.98. The third kappa shape index (κ3) is 3.63. The molecule has 2 aromatic carbocycles. The summed E-state index contributed by atoms with van der Waals surface area (Å²) in [6.07, 6.45) is 0. The van der Waals surface area contributed by atoms with Crippen LogP contribution in [0, 0.1) is 5.82 Å². The maximum Gasteiger partial charge on any atom is 0.258 e. The minimum absolute atomic E-state index is 0.0241. The number of aromatic nitrogens is 3. The van der Waals surface area contributed by atoms with Crippen molar-refractivity contribution in [3.05, 3.63) is 76.3 Å². The number of rotatable bonds is 3.